The Hall–Kier alpha value is -4.45. The van der Waals surface area contributed by atoms with Crippen LogP contribution in [0.4, 0.5) is 4.39 Å². The number of sulfonamides is 1. The molecule has 1 aliphatic rings. The minimum atomic E-state index is -3.42. The van der Waals surface area contributed by atoms with Crippen LogP contribution in [0.3, 0.4) is 0 Å². The highest BCUT2D eigenvalue weighted by atomic mass is 32.2. The highest BCUT2D eigenvalue weighted by molar-refractivity contribution is 7.88. The van der Waals surface area contributed by atoms with Crippen LogP contribution < -0.4 is 4.72 Å². The lowest BCUT2D eigenvalue weighted by molar-refractivity contribution is 0.331. The van der Waals surface area contributed by atoms with Crippen LogP contribution in [0.2, 0.25) is 0 Å². The summed E-state index contributed by atoms with van der Waals surface area (Å²) in [5.41, 5.74) is 8.24. The van der Waals surface area contributed by atoms with Gasteiger partial charge < -0.3 is 4.98 Å². The molecule has 0 bridgehead atoms. The molecule has 0 aliphatic carbocycles. The molecule has 7 rings (SSSR count). The molecule has 0 amide bonds. The van der Waals surface area contributed by atoms with Crippen molar-refractivity contribution in [3.05, 3.63) is 90.1 Å². The van der Waals surface area contributed by atoms with Crippen molar-refractivity contribution in [2.24, 2.45) is 0 Å². The molecule has 0 spiro atoms. The molecule has 6 aromatic rings. The Labute approximate surface area is 248 Å². The summed E-state index contributed by atoms with van der Waals surface area (Å²) >= 11 is 0. The van der Waals surface area contributed by atoms with Crippen molar-refractivity contribution < 1.29 is 12.8 Å². The van der Waals surface area contributed by atoms with E-state index in [1.165, 1.54) is 30.5 Å². The zero-order valence-electron chi connectivity index (χ0n) is 23.6. The van der Waals surface area contributed by atoms with Gasteiger partial charge in [0.2, 0.25) is 10.0 Å². The summed E-state index contributed by atoms with van der Waals surface area (Å²) in [6.45, 7) is 3.16. The minimum absolute atomic E-state index is 0.0176. The number of nitrogens with zero attached hydrogens (tertiary/aromatic N) is 4. The van der Waals surface area contributed by atoms with Crippen LogP contribution in [0.25, 0.3) is 55.6 Å². The fourth-order valence-corrected chi connectivity index (χ4v) is 6.27. The number of nitrogens with one attached hydrogen (secondary N) is 3. The van der Waals surface area contributed by atoms with Crippen LogP contribution >= 0.6 is 0 Å². The van der Waals surface area contributed by atoms with Gasteiger partial charge in [0.05, 0.1) is 23.2 Å². The number of H-pyrrole nitrogens is 2. The Kier molecular flexibility index (Phi) is 7.00. The van der Waals surface area contributed by atoms with Crippen molar-refractivity contribution in [1.82, 2.24) is 34.8 Å². The highest BCUT2D eigenvalue weighted by Crippen LogP contribution is 2.35. The Balaban J connectivity index is 1.24. The molecule has 0 atom stereocenters. The quantitative estimate of drug-likeness (QED) is 0.210. The molecule has 4 aromatic heterocycles. The average Bonchev–Trinajstić information content (AvgIpc) is 3.75. The lowest BCUT2D eigenvalue weighted by Crippen LogP contribution is -2.21. The largest absolute Gasteiger partial charge is 0.353 e. The number of rotatable bonds is 8. The van der Waals surface area contributed by atoms with E-state index in [1.807, 2.05) is 30.6 Å². The fourth-order valence-electron chi connectivity index (χ4n) is 5.84. The average molecular weight is 596 g/mol. The molecule has 2 aromatic carbocycles. The van der Waals surface area contributed by atoms with E-state index >= 15 is 0 Å². The molecule has 0 radical (unpaired) electrons. The van der Waals surface area contributed by atoms with Crippen molar-refractivity contribution in [1.29, 1.82) is 0 Å². The van der Waals surface area contributed by atoms with E-state index in [-0.39, 0.29) is 6.54 Å². The first-order chi connectivity index (χ1) is 20.8. The van der Waals surface area contributed by atoms with Crippen molar-refractivity contribution in [3.63, 3.8) is 0 Å². The van der Waals surface area contributed by atoms with E-state index in [0.717, 1.165) is 70.2 Å². The third-order valence-corrected chi connectivity index (χ3v) is 8.54. The first-order valence-corrected chi connectivity index (χ1v) is 16.1. The van der Waals surface area contributed by atoms with Gasteiger partial charge in [-0.1, -0.05) is 6.07 Å². The molecule has 11 heteroatoms. The molecular weight excluding hydrogens is 565 g/mol. The normalized spacial score (nSPS) is 14.3. The standard InChI is InChI=1S/C32H30FN7O2S/c1-43(41,42)36-17-20-10-23(13-25(33)12-20)31-27-15-30(37-28(27)6-7-35-31)32-26-14-22(4-5-29(26)38-39-32)24-11-21(16-34-18-24)19-40-8-2-3-9-40/h4-7,10-16,18,36-37H,2-3,8-9,17,19H2,1H3,(H,38,39). The second-order valence-corrected chi connectivity index (χ2v) is 13.0. The van der Waals surface area contributed by atoms with Gasteiger partial charge in [0, 0.05) is 59.1 Å². The SMILES string of the molecule is CS(=O)(=O)NCc1cc(F)cc(-c2nccc3[nH]c(-c4n[nH]c5ccc(-c6cncc(CN7CCCC7)c6)cc45)cc23)c1. The summed E-state index contributed by atoms with van der Waals surface area (Å²) in [6.07, 6.45) is 9.09. The predicted octanol–water partition coefficient (Wildman–Crippen LogP) is 5.62. The first-order valence-electron chi connectivity index (χ1n) is 14.2. The maximum Gasteiger partial charge on any atom is 0.209 e. The number of likely N-dealkylation sites (tertiary alicyclic amines) is 1. The summed E-state index contributed by atoms with van der Waals surface area (Å²) in [5.74, 6) is -0.470. The van der Waals surface area contributed by atoms with Crippen LogP contribution in [0, 0.1) is 5.82 Å². The molecule has 9 nitrogen and oxygen atoms in total. The smallest absolute Gasteiger partial charge is 0.209 e. The summed E-state index contributed by atoms with van der Waals surface area (Å²) in [6, 6.07) is 16.8. The number of fused-ring (bicyclic) bond motifs is 2. The molecule has 0 saturated carbocycles. The number of pyridine rings is 2. The van der Waals surface area contributed by atoms with Crippen molar-refractivity contribution in [2.45, 2.75) is 25.9 Å². The maximum absolute atomic E-state index is 14.6. The molecule has 3 N–H and O–H groups in total. The number of halogens is 1. The molecule has 0 unspecified atom stereocenters. The van der Waals surface area contributed by atoms with Gasteiger partial charge in [-0.05, 0) is 91.2 Å². The van der Waals surface area contributed by atoms with Crippen molar-refractivity contribution >= 4 is 31.8 Å². The highest BCUT2D eigenvalue weighted by Gasteiger charge is 2.17. The second kappa shape index (κ2) is 11.0. The molecule has 1 aliphatic heterocycles. The fraction of sp³-hybridized carbons (Fsp3) is 0.219. The van der Waals surface area contributed by atoms with E-state index < -0.39 is 15.8 Å². The molecule has 218 valence electrons. The van der Waals surface area contributed by atoms with E-state index in [9.17, 15) is 12.8 Å². The molecule has 5 heterocycles. The predicted molar refractivity (Wildman–Crippen MR) is 166 cm³/mol. The van der Waals surface area contributed by atoms with E-state index in [1.54, 1.807) is 12.3 Å². The van der Waals surface area contributed by atoms with Gasteiger partial charge in [0.1, 0.15) is 11.5 Å². The van der Waals surface area contributed by atoms with Gasteiger partial charge in [-0.15, -0.1) is 0 Å². The minimum Gasteiger partial charge on any atom is -0.353 e. The molecule has 1 fully saturated rings. The Bertz CT molecular complexity index is 2080. The zero-order chi connectivity index (χ0) is 29.6. The summed E-state index contributed by atoms with van der Waals surface area (Å²) in [7, 11) is -3.42. The van der Waals surface area contributed by atoms with Gasteiger partial charge in [0.15, 0.2) is 0 Å². The number of hydrogen-bond donors (Lipinski definition) is 3. The second-order valence-electron chi connectivity index (χ2n) is 11.1. The Morgan fingerprint density at radius 2 is 1.70 bits per heavy atom. The van der Waals surface area contributed by atoms with E-state index in [4.69, 9.17) is 0 Å². The third-order valence-electron chi connectivity index (χ3n) is 7.87. The monoisotopic (exact) mass is 595 g/mol. The van der Waals surface area contributed by atoms with Gasteiger partial charge in [-0.3, -0.25) is 20.0 Å². The van der Waals surface area contributed by atoms with Crippen LogP contribution in [-0.2, 0) is 23.1 Å². The lowest BCUT2D eigenvalue weighted by Gasteiger charge is -2.14. The lowest BCUT2D eigenvalue weighted by atomic mass is 10.0. The topological polar surface area (TPSA) is 120 Å². The maximum atomic E-state index is 14.6. The Morgan fingerprint density at radius 3 is 2.53 bits per heavy atom. The van der Waals surface area contributed by atoms with Gasteiger partial charge in [0.25, 0.3) is 0 Å². The summed E-state index contributed by atoms with van der Waals surface area (Å²) in [4.78, 5) is 15.0. The zero-order valence-corrected chi connectivity index (χ0v) is 24.4. The van der Waals surface area contributed by atoms with Crippen molar-refractivity contribution in [2.75, 3.05) is 19.3 Å². The number of aromatic amines is 2. The van der Waals surface area contributed by atoms with Gasteiger partial charge >= 0.3 is 0 Å². The number of benzene rings is 2. The van der Waals surface area contributed by atoms with Crippen LogP contribution in [-0.4, -0.2) is 57.8 Å². The van der Waals surface area contributed by atoms with E-state index in [2.05, 4.69) is 53.0 Å². The van der Waals surface area contributed by atoms with Crippen LogP contribution in [0.5, 0.6) is 0 Å². The van der Waals surface area contributed by atoms with E-state index in [0.29, 0.717) is 16.8 Å². The number of hydrogen-bond acceptors (Lipinski definition) is 6. The van der Waals surface area contributed by atoms with Gasteiger partial charge in [-0.25, -0.2) is 17.5 Å². The number of aromatic nitrogens is 5. The molecule has 1 saturated heterocycles. The first kappa shape index (κ1) is 27.4. The Morgan fingerprint density at radius 1 is 0.884 bits per heavy atom. The van der Waals surface area contributed by atoms with Crippen molar-refractivity contribution in [3.8, 4) is 33.8 Å². The van der Waals surface area contributed by atoms with Gasteiger partial charge in [-0.2, -0.15) is 5.10 Å². The molecular formula is C32H30FN7O2S. The summed E-state index contributed by atoms with van der Waals surface area (Å²) < 4.78 is 40.2. The van der Waals surface area contributed by atoms with Crippen LogP contribution in [0.15, 0.2) is 73.2 Å². The summed E-state index contributed by atoms with van der Waals surface area (Å²) in [5, 5.41) is 9.54. The molecule has 43 heavy (non-hydrogen) atoms. The van der Waals surface area contributed by atoms with Crippen LogP contribution in [0.1, 0.15) is 24.0 Å². The third kappa shape index (κ3) is 5.79.